The smallest absolute Gasteiger partial charge is 0.211 e. The van der Waals surface area contributed by atoms with E-state index in [2.05, 4.69) is 10.0 Å². The Hall–Kier alpha value is -0.170. The molecular weight excluding hydrogens is 252 g/mol. The lowest BCUT2D eigenvalue weighted by Gasteiger charge is -2.11. The van der Waals surface area contributed by atoms with Gasteiger partial charge in [0.1, 0.15) is 0 Å². The fourth-order valence-electron chi connectivity index (χ4n) is 2.14. The Morgan fingerprint density at radius 1 is 1.17 bits per heavy atom. The fraction of sp³-hybridized carbons (Fsp3) is 1.00. The quantitative estimate of drug-likeness (QED) is 0.582. The zero-order chi connectivity index (χ0) is 13.3. The highest BCUT2D eigenvalue weighted by Crippen LogP contribution is 2.20. The molecule has 0 amide bonds. The van der Waals surface area contributed by atoms with Crippen molar-refractivity contribution in [3.8, 4) is 0 Å². The Bertz CT molecular complexity index is 300. The SMILES string of the molecule is CNCCCCS(=O)(=O)NCCOC1CCCC1. The van der Waals surface area contributed by atoms with Crippen molar-refractivity contribution in [2.45, 2.75) is 44.6 Å². The van der Waals surface area contributed by atoms with Crippen LogP contribution < -0.4 is 10.0 Å². The normalized spacial score (nSPS) is 17.4. The highest BCUT2D eigenvalue weighted by atomic mass is 32.2. The topological polar surface area (TPSA) is 67.4 Å². The van der Waals surface area contributed by atoms with Crippen LogP contribution >= 0.6 is 0 Å². The van der Waals surface area contributed by atoms with Crippen LogP contribution in [0.5, 0.6) is 0 Å². The predicted octanol–water partition coefficient (Wildman–Crippen LogP) is 0.865. The fourth-order valence-corrected chi connectivity index (χ4v) is 3.27. The third kappa shape index (κ3) is 7.31. The van der Waals surface area contributed by atoms with E-state index in [1.807, 2.05) is 7.05 Å². The van der Waals surface area contributed by atoms with Crippen molar-refractivity contribution in [3.05, 3.63) is 0 Å². The first-order valence-electron chi connectivity index (χ1n) is 6.87. The molecule has 0 bridgehead atoms. The number of ether oxygens (including phenoxy) is 1. The van der Waals surface area contributed by atoms with E-state index < -0.39 is 10.0 Å². The summed E-state index contributed by atoms with van der Waals surface area (Å²) in [5.41, 5.74) is 0. The predicted molar refractivity (Wildman–Crippen MR) is 73.2 cm³/mol. The van der Waals surface area contributed by atoms with Gasteiger partial charge in [-0.05, 0) is 39.3 Å². The van der Waals surface area contributed by atoms with E-state index in [1.165, 1.54) is 12.8 Å². The number of unbranched alkanes of at least 4 members (excludes halogenated alkanes) is 1. The molecule has 5 nitrogen and oxygen atoms in total. The maximum absolute atomic E-state index is 11.6. The Balaban J connectivity index is 2.01. The standard InChI is InChI=1S/C12H26N2O3S/c1-13-8-4-5-11-18(15,16)14-9-10-17-12-6-2-3-7-12/h12-14H,2-11H2,1H3. The van der Waals surface area contributed by atoms with Crippen LogP contribution in [0, 0.1) is 0 Å². The highest BCUT2D eigenvalue weighted by Gasteiger charge is 2.15. The molecule has 0 spiro atoms. The van der Waals surface area contributed by atoms with Crippen LogP contribution in [-0.2, 0) is 14.8 Å². The summed E-state index contributed by atoms with van der Waals surface area (Å²) in [4.78, 5) is 0. The second kappa shape index (κ2) is 8.85. The summed E-state index contributed by atoms with van der Waals surface area (Å²) < 4.78 is 31.4. The summed E-state index contributed by atoms with van der Waals surface area (Å²) in [5.74, 6) is 0.206. The molecule has 1 aliphatic carbocycles. The van der Waals surface area contributed by atoms with Gasteiger partial charge >= 0.3 is 0 Å². The minimum Gasteiger partial charge on any atom is -0.377 e. The summed E-state index contributed by atoms with van der Waals surface area (Å²) in [6.45, 7) is 1.74. The van der Waals surface area contributed by atoms with Gasteiger partial charge in [0.15, 0.2) is 0 Å². The summed E-state index contributed by atoms with van der Waals surface area (Å²) >= 11 is 0. The first-order valence-corrected chi connectivity index (χ1v) is 8.53. The molecule has 0 aliphatic heterocycles. The summed E-state index contributed by atoms with van der Waals surface area (Å²) in [6, 6.07) is 0. The molecule has 108 valence electrons. The lowest BCUT2D eigenvalue weighted by molar-refractivity contribution is 0.0626. The van der Waals surface area contributed by atoms with Crippen molar-refractivity contribution in [2.75, 3.05) is 32.5 Å². The Morgan fingerprint density at radius 3 is 2.56 bits per heavy atom. The van der Waals surface area contributed by atoms with E-state index >= 15 is 0 Å². The number of nitrogens with one attached hydrogen (secondary N) is 2. The second-order valence-electron chi connectivity index (χ2n) is 4.80. The van der Waals surface area contributed by atoms with Crippen LogP contribution in [0.2, 0.25) is 0 Å². The molecule has 6 heteroatoms. The van der Waals surface area contributed by atoms with Crippen molar-refractivity contribution in [3.63, 3.8) is 0 Å². The molecule has 1 aliphatic rings. The zero-order valence-corrected chi connectivity index (χ0v) is 12.1. The van der Waals surface area contributed by atoms with E-state index in [4.69, 9.17) is 4.74 Å². The van der Waals surface area contributed by atoms with Gasteiger partial charge in [-0.1, -0.05) is 12.8 Å². The summed E-state index contributed by atoms with van der Waals surface area (Å²) in [5, 5.41) is 3.00. The molecule has 0 atom stereocenters. The van der Waals surface area contributed by atoms with Crippen molar-refractivity contribution >= 4 is 10.0 Å². The number of hydrogen-bond acceptors (Lipinski definition) is 4. The number of rotatable bonds is 10. The zero-order valence-electron chi connectivity index (χ0n) is 11.3. The van der Waals surface area contributed by atoms with Gasteiger partial charge in [0.25, 0.3) is 0 Å². The molecule has 1 fully saturated rings. The van der Waals surface area contributed by atoms with Crippen LogP contribution in [-0.4, -0.2) is 47.0 Å². The molecule has 18 heavy (non-hydrogen) atoms. The van der Waals surface area contributed by atoms with E-state index in [9.17, 15) is 8.42 Å². The molecule has 0 unspecified atom stereocenters. The van der Waals surface area contributed by atoms with Gasteiger partial charge in [-0.25, -0.2) is 13.1 Å². The Labute approximate surface area is 111 Å². The first kappa shape index (κ1) is 15.9. The summed E-state index contributed by atoms with van der Waals surface area (Å²) in [6.07, 6.45) is 6.65. The van der Waals surface area contributed by atoms with E-state index in [1.54, 1.807) is 0 Å². The van der Waals surface area contributed by atoms with Gasteiger partial charge in [-0.15, -0.1) is 0 Å². The van der Waals surface area contributed by atoms with Gasteiger partial charge in [-0.2, -0.15) is 0 Å². The third-order valence-electron chi connectivity index (χ3n) is 3.17. The molecule has 0 radical (unpaired) electrons. The molecule has 2 N–H and O–H groups in total. The van der Waals surface area contributed by atoms with E-state index in [0.717, 1.165) is 25.8 Å². The molecule has 0 aromatic heterocycles. The van der Waals surface area contributed by atoms with Crippen molar-refractivity contribution in [1.82, 2.24) is 10.0 Å². The molecule has 0 aromatic rings. The molecular formula is C12H26N2O3S. The van der Waals surface area contributed by atoms with Crippen molar-refractivity contribution < 1.29 is 13.2 Å². The molecule has 1 rings (SSSR count). The molecule has 0 saturated heterocycles. The average Bonchev–Trinajstić information content (AvgIpc) is 2.83. The minimum absolute atomic E-state index is 0.206. The Kier molecular flexibility index (Phi) is 7.81. The summed E-state index contributed by atoms with van der Waals surface area (Å²) in [7, 11) is -1.25. The van der Waals surface area contributed by atoms with Gasteiger partial charge in [0.05, 0.1) is 18.5 Å². The second-order valence-corrected chi connectivity index (χ2v) is 6.73. The van der Waals surface area contributed by atoms with Gasteiger partial charge in [-0.3, -0.25) is 0 Å². The first-order chi connectivity index (χ1) is 8.64. The van der Waals surface area contributed by atoms with Crippen LogP contribution in [0.25, 0.3) is 0 Å². The maximum atomic E-state index is 11.6. The monoisotopic (exact) mass is 278 g/mol. The number of sulfonamides is 1. The third-order valence-corrected chi connectivity index (χ3v) is 4.64. The molecule has 0 aromatic carbocycles. The highest BCUT2D eigenvalue weighted by molar-refractivity contribution is 7.89. The van der Waals surface area contributed by atoms with Crippen molar-refractivity contribution in [2.24, 2.45) is 0 Å². The van der Waals surface area contributed by atoms with Crippen LogP contribution in [0.4, 0.5) is 0 Å². The van der Waals surface area contributed by atoms with Crippen LogP contribution in [0.15, 0.2) is 0 Å². The molecule has 0 heterocycles. The lowest BCUT2D eigenvalue weighted by atomic mass is 10.3. The van der Waals surface area contributed by atoms with E-state index in [0.29, 0.717) is 25.7 Å². The van der Waals surface area contributed by atoms with Crippen molar-refractivity contribution in [1.29, 1.82) is 0 Å². The van der Waals surface area contributed by atoms with Gasteiger partial charge in [0.2, 0.25) is 10.0 Å². The van der Waals surface area contributed by atoms with Gasteiger partial charge < -0.3 is 10.1 Å². The largest absolute Gasteiger partial charge is 0.377 e. The van der Waals surface area contributed by atoms with Gasteiger partial charge in [0, 0.05) is 6.54 Å². The number of hydrogen-bond donors (Lipinski definition) is 2. The van der Waals surface area contributed by atoms with Crippen LogP contribution in [0.3, 0.4) is 0 Å². The maximum Gasteiger partial charge on any atom is 0.211 e. The lowest BCUT2D eigenvalue weighted by Crippen LogP contribution is -2.30. The molecule has 1 saturated carbocycles. The van der Waals surface area contributed by atoms with Crippen LogP contribution in [0.1, 0.15) is 38.5 Å². The Morgan fingerprint density at radius 2 is 1.89 bits per heavy atom. The van der Waals surface area contributed by atoms with E-state index in [-0.39, 0.29) is 5.75 Å². The average molecular weight is 278 g/mol. The minimum atomic E-state index is -3.12.